The fourth-order valence-corrected chi connectivity index (χ4v) is 5.52. The zero-order chi connectivity index (χ0) is 19.7. The van der Waals surface area contributed by atoms with Crippen molar-refractivity contribution in [2.45, 2.75) is 56.9 Å². The first-order valence-corrected chi connectivity index (χ1v) is 10.8. The number of carboxylic acids is 1. The van der Waals surface area contributed by atoms with Crippen LogP contribution in [0.15, 0.2) is 29.2 Å². The molecule has 1 aliphatic heterocycles. The quantitative estimate of drug-likeness (QED) is 0.743. The Kier molecular flexibility index (Phi) is 5.60. The Morgan fingerprint density at radius 3 is 2.64 bits per heavy atom. The third-order valence-corrected chi connectivity index (χ3v) is 7.00. The number of fused-ring (bicyclic) bond motifs is 1. The Hall–Kier alpha value is -2.05. The van der Waals surface area contributed by atoms with E-state index >= 15 is 0 Å². The van der Waals surface area contributed by atoms with Crippen molar-refractivity contribution in [3.8, 4) is 0 Å². The van der Waals surface area contributed by atoms with E-state index in [2.05, 4.69) is 22.5 Å². The number of hydrogen-bond donors (Lipinski definition) is 1. The van der Waals surface area contributed by atoms with Crippen LogP contribution in [-0.2, 0) is 24.2 Å². The number of rotatable bonds is 6. The molecule has 1 aromatic carbocycles. The summed E-state index contributed by atoms with van der Waals surface area (Å²) in [5.41, 5.74) is 4.83. The lowest BCUT2D eigenvalue weighted by molar-refractivity contribution is -0.137. The number of hydrogen-bond acceptors (Lipinski definition) is 4. The summed E-state index contributed by atoms with van der Waals surface area (Å²) in [5, 5.41) is 9.35. The van der Waals surface area contributed by atoms with E-state index in [4.69, 9.17) is 0 Å². The fraction of sp³-hybridized carbons (Fsp3) is 0.455. The molecule has 0 bridgehead atoms. The van der Waals surface area contributed by atoms with Gasteiger partial charge in [-0.3, -0.25) is 9.59 Å². The second-order valence-corrected chi connectivity index (χ2v) is 8.79. The number of carbonyl (C=O) groups excluding carboxylic acids is 1. The number of benzene rings is 1. The first kappa shape index (κ1) is 19.3. The van der Waals surface area contributed by atoms with Gasteiger partial charge in [-0.25, -0.2) is 4.31 Å². The molecule has 1 fully saturated rings. The van der Waals surface area contributed by atoms with Crippen LogP contribution in [0, 0.1) is 6.92 Å². The zero-order valence-corrected chi connectivity index (χ0v) is 17.1. The summed E-state index contributed by atoms with van der Waals surface area (Å²) in [7, 11) is 0. The van der Waals surface area contributed by atoms with Crippen LogP contribution in [0.2, 0.25) is 0 Å². The molecular formula is C22H26N2O3S. The minimum Gasteiger partial charge on any atom is -0.480 e. The topological polar surface area (TPSA) is 62.5 Å². The number of Topliss-reactive ketones (excluding diaryl/α,β-unsaturated/α-hetero) is 1. The molecule has 0 atom stereocenters. The SMILES string of the molecule is Cc1c(Cc2ccccc2SN2CCCC2)c2c(n1CC(=O)O)CCCC2=O. The Bertz CT molecular complexity index is 913. The third-order valence-electron chi connectivity index (χ3n) is 5.78. The van der Waals surface area contributed by atoms with Crippen molar-refractivity contribution < 1.29 is 14.7 Å². The van der Waals surface area contributed by atoms with Crippen LogP contribution in [0.1, 0.15) is 58.6 Å². The Morgan fingerprint density at radius 1 is 1.14 bits per heavy atom. The summed E-state index contributed by atoms with van der Waals surface area (Å²) in [4.78, 5) is 25.4. The van der Waals surface area contributed by atoms with E-state index in [1.54, 1.807) is 11.9 Å². The average Bonchev–Trinajstić information content (AvgIpc) is 3.26. The lowest BCUT2D eigenvalue weighted by atomic mass is 9.90. The van der Waals surface area contributed by atoms with Crippen LogP contribution in [-0.4, -0.2) is 38.8 Å². The highest BCUT2D eigenvalue weighted by atomic mass is 32.2. The van der Waals surface area contributed by atoms with Gasteiger partial charge in [-0.15, -0.1) is 0 Å². The molecule has 1 N–H and O–H groups in total. The normalized spacial score (nSPS) is 17.1. The smallest absolute Gasteiger partial charge is 0.323 e. The first-order valence-electron chi connectivity index (χ1n) is 10.0. The van der Waals surface area contributed by atoms with Crippen LogP contribution in [0.3, 0.4) is 0 Å². The number of nitrogens with zero attached hydrogens (tertiary/aromatic N) is 2. The van der Waals surface area contributed by atoms with Crippen LogP contribution < -0.4 is 0 Å². The molecule has 148 valence electrons. The largest absolute Gasteiger partial charge is 0.480 e. The first-order chi connectivity index (χ1) is 13.5. The summed E-state index contributed by atoms with van der Waals surface area (Å²) >= 11 is 1.81. The monoisotopic (exact) mass is 398 g/mol. The molecule has 4 rings (SSSR count). The van der Waals surface area contributed by atoms with E-state index < -0.39 is 5.97 Å². The molecule has 2 aliphatic rings. The number of ketones is 1. The van der Waals surface area contributed by atoms with E-state index in [-0.39, 0.29) is 12.3 Å². The Morgan fingerprint density at radius 2 is 1.89 bits per heavy atom. The highest BCUT2D eigenvalue weighted by Crippen LogP contribution is 2.35. The van der Waals surface area contributed by atoms with Gasteiger partial charge in [0.05, 0.1) is 0 Å². The number of aliphatic carboxylic acids is 1. The number of carbonyl (C=O) groups is 2. The lowest BCUT2D eigenvalue weighted by Crippen LogP contribution is -2.17. The zero-order valence-electron chi connectivity index (χ0n) is 16.2. The minimum atomic E-state index is -0.865. The van der Waals surface area contributed by atoms with Crippen LogP contribution >= 0.6 is 11.9 Å². The molecule has 1 saturated heterocycles. The molecule has 0 amide bonds. The van der Waals surface area contributed by atoms with Crippen LogP contribution in [0.25, 0.3) is 0 Å². The van der Waals surface area contributed by atoms with Gasteiger partial charge in [-0.1, -0.05) is 18.2 Å². The minimum absolute atomic E-state index is 0.0778. The maximum atomic E-state index is 12.7. The second kappa shape index (κ2) is 8.13. The Balaban J connectivity index is 1.71. The standard InChI is InChI=1S/C22H26N2O3S/c1-15-17(22-18(8-6-9-19(22)25)24(15)14-21(26)27)13-16-7-2-3-10-20(16)28-23-11-4-5-12-23/h2-3,7,10H,4-6,8-9,11-14H2,1H3,(H,26,27). The van der Waals surface area contributed by atoms with Crippen molar-refractivity contribution in [1.82, 2.24) is 8.87 Å². The molecule has 6 heteroatoms. The van der Waals surface area contributed by atoms with Gasteiger partial charge < -0.3 is 9.67 Å². The van der Waals surface area contributed by atoms with E-state index in [9.17, 15) is 14.7 Å². The molecular weight excluding hydrogens is 372 g/mol. The van der Waals surface area contributed by atoms with E-state index in [1.807, 2.05) is 17.6 Å². The van der Waals surface area contributed by atoms with Crippen LogP contribution in [0.5, 0.6) is 0 Å². The second-order valence-electron chi connectivity index (χ2n) is 7.65. The molecule has 0 spiro atoms. The van der Waals surface area contributed by atoms with E-state index in [0.29, 0.717) is 12.8 Å². The summed E-state index contributed by atoms with van der Waals surface area (Å²) in [6.45, 7) is 4.10. The van der Waals surface area contributed by atoms with Gasteiger partial charge in [0, 0.05) is 47.8 Å². The van der Waals surface area contributed by atoms with Gasteiger partial charge in [0.2, 0.25) is 0 Å². The molecule has 1 aliphatic carbocycles. The fourth-order valence-electron chi connectivity index (χ4n) is 4.40. The molecule has 2 heterocycles. The van der Waals surface area contributed by atoms with Crippen LogP contribution in [0.4, 0.5) is 0 Å². The molecule has 0 unspecified atom stereocenters. The third kappa shape index (κ3) is 3.76. The van der Waals surface area contributed by atoms with Gasteiger partial charge in [0.25, 0.3) is 0 Å². The lowest BCUT2D eigenvalue weighted by Gasteiger charge is -2.17. The maximum absolute atomic E-state index is 12.7. The van der Waals surface area contributed by atoms with Crippen molar-refractivity contribution >= 4 is 23.7 Å². The molecule has 1 aromatic heterocycles. The molecule has 5 nitrogen and oxygen atoms in total. The van der Waals surface area contributed by atoms with Crippen molar-refractivity contribution in [3.05, 3.63) is 52.3 Å². The maximum Gasteiger partial charge on any atom is 0.323 e. The van der Waals surface area contributed by atoms with Gasteiger partial charge in [-0.2, -0.15) is 0 Å². The van der Waals surface area contributed by atoms with E-state index in [1.165, 1.54) is 23.3 Å². The highest BCUT2D eigenvalue weighted by molar-refractivity contribution is 7.97. The van der Waals surface area contributed by atoms with Crippen molar-refractivity contribution in [2.24, 2.45) is 0 Å². The summed E-state index contributed by atoms with van der Waals surface area (Å²) < 4.78 is 4.25. The van der Waals surface area contributed by atoms with E-state index in [0.717, 1.165) is 48.4 Å². The average molecular weight is 399 g/mol. The molecule has 0 radical (unpaired) electrons. The molecule has 0 saturated carbocycles. The van der Waals surface area contributed by atoms with Crippen molar-refractivity contribution in [1.29, 1.82) is 0 Å². The Labute approximate surface area is 169 Å². The summed E-state index contributed by atoms with van der Waals surface area (Å²) in [5.74, 6) is -0.705. The summed E-state index contributed by atoms with van der Waals surface area (Å²) in [6.07, 6.45) is 5.29. The van der Waals surface area contributed by atoms with Gasteiger partial charge in [-0.05, 0) is 61.7 Å². The molecule has 2 aromatic rings. The van der Waals surface area contributed by atoms with Gasteiger partial charge >= 0.3 is 5.97 Å². The number of carboxylic acid groups (broad SMARTS) is 1. The van der Waals surface area contributed by atoms with Crippen molar-refractivity contribution in [3.63, 3.8) is 0 Å². The predicted molar refractivity (Wildman–Crippen MR) is 110 cm³/mol. The predicted octanol–water partition coefficient (Wildman–Crippen LogP) is 4.09. The highest BCUT2D eigenvalue weighted by Gasteiger charge is 2.29. The van der Waals surface area contributed by atoms with Gasteiger partial charge in [0.15, 0.2) is 5.78 Å². The number of aromatic nitrogens is 1. The van der Waals surface area contributed by atoms with Crippen molar-refractivity contribution in [2.75, 3.05) is 13.1 Å². The van der Waals surface area contributed by atoms with Gasteiger partial charge in [0.1, 0.15) is 6.54 Å². The molecule has 28 heavy (non-hydrogen) atoms. The summed E-state index contributed by atoms with van der Waals surface area (Å²) in [6, 6.07) is 8.38.